The smallest absolute Gasteiger partial charge is 0.352 e. The van der Waals surface area contributed by atoms with Crippen molar-refractivity contribution in [3.63, 3.8) is 0 Å². The number of aromatic carboxylic acids is 1. The average molecular weight is 245 g/mol. The van der Waals surface area contributed by atoms with Gasteiger partial charge < -0.3 is 14.8 Å². The molecule has 5 nitrogen and oxygen atoms in total. The molecule has 0 bridgehead atoms. The first kappa shape index (κ1) is 11.9. The number of aromatic amines is 1. The summed E-state index contributed by atoms with van der Waals surface area (Å²) in [6, 6.07) is 7.17. The predicted molar refractivity (Wildman–Crippen MR) is 66.3 cm³/mol. The molecule has 0 aliphatic heterocycles. The Morgan fingerprint density at radius 2 is 2.06 bits per heavy atom. The van der Waals surface area contributed by atoms with E-state index in [0.717, 1.165) is 5.39 Å². The zero-order valence-electron chi connectivity index (χ0n) is 9.64. The molecular formula is C13H11NO4. The molecule has 1 aromatic heterocycles. The van der Waals surface area contributed by atoms with Gasteiger partial charge in [0.2, 0.25) is 0 Å². The monoisotopic (exact) mass is 245 g/mol. The van der Waals surface area contributed by atoms with Gasteiger partial charge in [-0.3, -0.25) is 0 Å². The summed E-state index contributed by atoms with van der Waals surface area (Å²) in [5.74, 6) is -1.60. The number of nitrogens with one attached hydrogen (secondary N) is 1. The minimum absolute atomic E-state index is 0.0522. The lowest BCUT2D eigenvalue weighted by Crippen LogP contribution is -1.99. The number of esters is 1. The Balaban J connectivity index is 2.58. The molecule has 5 heteroatoms. The Kier molecular flexibility index (Phi) is 3.14. The summed E-state index contributed by atoms with van der Waals surface area (Å²) in [4.78, 5) is 25.0. The Morgan fingerprint density at radius 3 is 2.72 bits per heavy atom. The van der Waals surface area contributed by atoms with Gasteiger partial charge in [-0.1, -0.05) is 18.2 Å². The first-order valence-corrected chi connectivity index (χ1v) is 5.23. The Labute approximate surface area is 103 Å². The van der Waals surface area contributed by atoms with E-state index < -0.39 is 11.9 Å². The fourth-order valence-corrected chi connectivity index (χ4v) is 1.72. The molecule has 0 saturated heterocycles. The van der Waals surface area contributed by atoms with Crippen molar-refractivity contribution in [1.29, 1.82) is 0 Å². The normalized spacial score (nSPS) is 10.9. The highest BCUT2D eigenvalue weighted by molar-refractivity contribution is 6.03. The number of carbonyl (C=O) groups excluding carboxylic acids is 1. The molecule has 0 aliphatic carbocycles. The van der Waals surface area contributed by atoms with Crippen molar-refractivity contribution >= 4 is 28.9 Å². The molecule has 2 rings (SSSR count). The summed E-state index contributed by atoms with van der Waals surface area (Å²) in [6.07, 6.45) is 2.64. The maximum atomic E-state index is 11.1. The number of fused-ring (bicyclic) bond motifs is 1. The van der Waals surface area contributed by atoms with Gasteiger partial charge in [-0.15, -0.1) is 0 Å². The molecule has 18 heavy (non-hydrogen) atoms. The highest BCUT2D eigenvalue weighted by Crippen LogP contribution is 2.23. The zero-order valence-corrected chi connectivity index (χ0v) is 9.64. The second-order valence-electron chi connectivity index (χ2n) is 3.62. The fourth-order valence-electron chi connectivity index (χ4n) is 1.72. The summed E-state index contributed by atoms with van der Waals surface area (Å²) in [5, 5.41) is 9.85. The van der Waals surface area contributed by atoms with E-state index in [1.807, 2.05) is 0 Å². The lowest BCUT2D eigenvalue weighted by atomic mass is 10.1. The topological polar surface area (TPSA) is 79.4 Å². The lowest BCUT2D eigenvalue weighted by molar-refractivity contribution is -0.134. The number of carboxylic acid groups (broad SMARTS) is 1. The summed E-state index contributed by atoms with van der Waals surface area (Å²) in [5.41, 5.74) is 1.22. The number of H-pyrrole nitrogens is 1. The molecule has 0 fully saturated rings. The van der Waals surface area contributed by atoms with Crippen molar-refractivity contribution in [2.45, 2.75) is 0 Å². The summed E-state index contributed by atoms with van der Waals surface area (Å²) in [7, 11) is 1.26. The minimum atomic E-state index is -1.07. The van der Waals surface area contributed by atoms with Crippen molar-refractivity contribution in [2.75, 3.05) is 7.11 Å². The van der Waals surface area contributed by atoms with Gasteiger partial charge in [0.05, 0.1) is 7.11 Å². The van der Waals surface area contributed by atoms with Crippen molar-refractivity contribution in [3.8, 4) is 0 Å². The maximum absolute atomic E-state index is 11.1. The van der Waals surface area contributed by atoms with Crippen molar-refractivity contribution < 1.29 is 19.4 Å². The maximum Gasteiger partial charge on any atom is 0.352 e. The van der Waals surface area contributed by atoms with Crippen LogP contribution in [0.15, 0.2) is 30.3 Å². The van der Waals surface area contributed by atoms with Crippen LogP contribution >= 0.6 is 0 Å². The number of carbonyl (C=O) groups is 2. The van der Waals surface area contributed by atoms with Gasteiger partial charge in [0.1, 0.15) is 5.69 Å². The van der Waals surface area contributed by atoms with Gasteiger partial charge in [0, 0.05) is 22.5 Å². The molecule has 0 unspecified atom stereocenters. The van der Waals surface area contributed by atoms with Gasteiger partial charge in [0.15, 0.2) is 0 Å². The van der Waals surface area contributed by atoms with E-state index in [1.165, 1.54) is 19.3 Å². The second kappa shape index (κ2) is 4.75. The molecule has 2 N–H and O–H groups in total. The fraction of sp³-hybridized carbons (Fsp3) is 0.0769. The van der Waals surface area contributed by atoms with Crippen LogP contribution in [-0.4, -0.2) is 29.1 Å². The summed E-state index contributed by atoms with van der Waals surface area (Å²) >= 11 is 0. The quantitative estimate of drug-likeness (QED) is 0.640. The number of hydrogen-bond donors (Lipinski definition) is 2. The van der Waals surface area contributed by atoms with Crippen LogP contribution in [0.3, 0.4) is 0 Å². The SMILES string of the molecule is COC(=O)C=Cc1c(C(=O)O)[nH]c2ccccc12. The number of ether oxygens (including phenoxy) is 1. The lowest BCUT2D eigenvalue weighted by Gasteiger charge is -1.94. The molecule has 2 aromatic rings. The molecule has 0 saturated carbocycles. The van der Waals surface area contributed by atoms with Crippen LogP contribution in [0.5, 0.6) is 0 Å². The van der Waals surface area contributed by atoms with Gasteiger partial charge >= 0.3 is 11.9 Å². The van der Waals surface area contributed by atoms with Crippen LogP contribution in [0.4, 0.5) is 0 Å². The van der Waals surface area contributed by atoms with Crippen LogP contribution in [0, 0.1) is 0 Å². The highest BCUT2D eigenvalue weighted by atomic mass is 16.5. The molecule has 0 aliphatic rings. The first-order chi connectivity index (χ1) is 8.63. The van der Waals surface area contributed by atoms with Crippen molar-refractivity contribution in [2.24, 2.45) is 0 Å². The molecule has 0 amide bonds. The van der Waals surface area contributed by atoms with Crippen LogP contribution in [0.1, 0.15) is 16.1 Å². The number of carboxylic acids is 1. The zero-order chi connectivity index (χ0) is 13.1. The number of benzene rings is 1. The average Bonchev–Trinajstić information content (AvgIpc) is 2.75. The minimum Gasteiger partial charge on any atom is -0.477 e. The van der Waals surface area contributed by atoms with E-state index >= 15 is 0 Å². The van der Waals surface area contributed by atoms with Crippen molar-refractivity contribution in [1.82, 2.24) is 4.98 Å². The third-order valence-electron chi connectivity index (χ3n) is 2.55. The Hall–Kier alpha value is -2.56. The standard InChI is InChI=1S/C13H11NO4/c1-18-11(15)7-6-9-8-4-2-3-5-10(8)14-12(9)13(16)17/h2-7,14H,1H3,(H,16,17). The number of rotatable bonds is 3. The van der Waals surface area contributed by atoms with Gasteiger partial charge in [0.25, 0.3) is 0 Å². The van der Waals surface area contributed by atoms with Crippen LogP contribution in [0.25, 0.3) is 17.0 Å². The van der Waals surface area contributed by atoms with Crippen LogP contribution in [-0.2, 0) is 9.53 Å². The van der Waals surface area contributed by atoms with Gasteiger partial charge in [-0.25, -0.2) is 9.59 Å². The van der Waals surface area contributed by atoms with E-state index in [0.29, 0.717) is 11.1 Å². The first-order valence-electron chi connectivity index (χ1n) is 5.23. The molecule has 1 aromatic carbocycles. The van der Waals surface area contributed by atoms with E-state index in [-0.39, 0.29) is 5.69 Å². The number of para-hydroxylation sites is 1. The Morgan fingerprint density at radius 1 is 1.33 bits per heavy atom. The Bertz CT molecular complexity index is 639. The third kappa shape index (κ3) is 2.10. The number of hydrogen-bond acceptors (Lipinski definition) is 3. The van der Waals surface area contributed by atoms with E-state index in [2.05, 4.69) is 9.72 Å². The van der Waals surface area contributed by atoms with E-state index in [4.69, 9.17) is 5.11 Å². The van der Waals surface area contributed by atoms with Gasteiger partial charge in [-0.05, 0) is 12.1 Å². The van der Waals surface area contributed by atoms with Crippen LogP contribution < -0.4 is 0 Å². The van der Waals surface area contributed by atoms with Crippen molar-refractivity contribution in [3.05, 3.63) is 41.6 Å². The summed E-state index contributed by atoms with van der Waals surface area (Å²) in [6.45, 7) is 0. The van der Waals surface area contributed by atoms with Crippen LogP contribution in [0.2, 0.25) is 0 Å². The summed E-state index contributed by atoms with van der Waals surface area (Å²) < 4.78 is 4.48. The van der Waals surface area contributed by atoms with E-state index in [1.54, 1.807) is 24.3 Å². The highest BCUT2D eigenvalue weighted by Gasteiger charge is 2.14. The largest absolute Gasteiger partial charge is 0.477 e. The number of methoxy groups -OCH3 is 1. The molecule has 1 heterocycles. The van der Waals surface area contributed by atoms with Gasteiger partial charge in [-0.2, -0.15) is 0 Å². The molecule has 0 atom stereocenters. The molecule has 0 spiro atoms. The third-order valence-corrected chi connectivity index (χ3v) is 2.55. The molecule has 0 radical (unpaired) electrons. The van der Waals surface area contributed by atoms with E-state index in [9.17, 15) is 9.59 Å². The number of aromatic nitrogens is 1. The predicted octanol–water partition coefficient (Wildman–Crippen LogP) is 2.05. The second-order valence-corrected chi connectivity index (χ2v) is 3.62. The molecule has 92 valence electrons. The molecular weight excluding hydrogens is 234 g/mol.